The molecule has 0 spiro atoms. The van der Waals surface area contributed by atoms with Crippen LogP contribution in [0.1, 0.15) is 49.2 Å². The first-order valence-corrected chi connectivity index (χ1v) is 8.75. The fourth-order valence-electron chi connectivity index (χ4n) is 3.72. The zero-order valence-electron chi connectivity index (χ0n) is 14.9. The van der Waals surface area contributed by atoms with Crippen molar-refractivity contribution in [3.63, 3.8) is 0 Å². The summed E-state index contributed by atoms with van der Waals surface area (Å²) >= 11 is 0. The number of hydrogen-bond donors (Lipinski definition) is 2. The Bertz CT molecular complexity index is 797. The predicted octanol–water partition coefficient (Wildman–Crippen LogP) is 4.20. The molecule has 0 bridgehead atoms. The van der Waals surface area contributed by atoms with Gasteiger partial charge in [0, 0.05) is 18.5 Å². The van der Waals surface area contributed by atoms with Gasteiger partial charge in [-0.25, -0.2) is 0 Å². The van der Waals surface area contributed by atoms with E-state index in [-0.39, 0.29) is 17.1 Å². The number of fused-ring (bicyclic) bond motifs is 1. The highest BCUT2D eigenvalue weighted by Crippen LogP contribution is 2.35. The van der Waals surface area contributed by atoms with Crippen LogP contribution in [-0.2, 0) is 6.18 Å². The number of hydrogen-bond acceptors (Lipinski definition) is 2. The maximum atomic E-state index is 13.1. The van der Waals surface area contributed by atoms with E-state index in [9.17, 15) is 23.1 Å². The highest BCUT2D eigenvalue weighted by atomic mass is 19.4. The average molecular weight is 368 g/mol. The van der Waals surface area contributed by atoms with Crippen molar-refractivity contribution >= 4 is 16.8 Å². The zero-order chi connectivity index (χ0) is 19.1. The molecule has 0 unspecified atom stereocenters. The third kappa shape index (κ3) is 4.03. The van der Waals surface area contributed by atoms with Crippen molar-refractivity contribution in [3.8, 4) is 0 Å². The number of para-hydroxylation sites is 1. The monoisotopic (exact) mass is 368 g/mol. The molecule has 4 nitrogen and oxygen atoms in total. The molecule has 3 rings (SSSR count). The van der Waals surface area contributed by atoms with Crippen molar-refractivity contribution in [1.82, 2.24) is 9.88 Å². The van der Waals surface area contributed by atoms with E-state index in [4.69, 9.17) is 0 Å². The lowest BCUT2D eigenvalue weighted by Gasteiger charge is -2.34. The third-order valence-corrected chi connectivity index (χ3v) is 4.88. The number of amides is 1. The maximum Gasteiger partial charge on any atom is 0.418 e. The molecule has 1 aromatic carbocycles. The van der Waals surface area contributed by atoms with E-state index in [2.05, 4.69) is 4.98 Å². The number of aromatic nitrogens is 1. The molecule has 0 atom stereocenters. The topological polar surface area (TPSA) is 56.3 Å². The molecule has 26 heavy (non-hydrogen) atoms. The van der Waals surface area contributed by atoms with Gasteiger partial charge in [0.1, 0.15) is 5.69 Å². The van der Waals surface area contributed by atoms with Crippen molar-refractivity contribution in [3.05, 3.63) is 35.5 Å². The molecular weight excluding hydrogens is 345 g/mol. The van der Waals surface area contributed by atoms with Crippen LogP contribution in [0.5, 0.6) is 0 Å². The minimum Gasteiger partial charge on any atom is -0.390 e. The van der Waals surface area contributed by atoms with Gasteiger partial charge in [0.25, 0.3) is 5.91 Å². The fourth-order valence-corrected chi connectivity index (χ4v) is 3.72. The van der Waals surface area contributed by atoms with Gasteiger partial charge in [0.15, 0.2) is 0 Å². The molecule has 1 saturated heterocycles. The molecule has 0 saturated carbocycles. The van der Waals surface area contributed by atoms with E-state index in [0.717, 1.165) is 18.9 Å². The number of rotatable bonds is 3. The molecule has 0 radical (unpaired) electrons. The maximum absolute atomic E-state index is 13.1. The van der Waals surface area contributed by atoms with Gasteiger partial charge in [-0.05, 0) is 51.2 Å². The number of benzene rings is 1. The van der Waals surface area contributed by atoms with Crippen LogP contribution in [0.25, 0.3) is 10.9 Å². The van der Waals surface area contributed by atoms with Crippen LogP contribution in [0.4, 0.5) is 13.2 Å². The van der Waals surface area contributed by atoms with E-state index in [0.29, 0.717) is 30.8 Å². The highest BCUT2D eigenvalue weighted by molar-refractivity contribution is 5.98. The predicted molar refractivity (Wildman–Crippen MR) is 92.8 cm³/mol. The van der Waals surface area contributed by atoms with Crippen molar-refractivity contribution in [2.24, 2.45) is 5.92 Å². The highest BCUT2D eigenvalue weighted by Gasteiger charge is 2.34. The van der Waals surface area contributed by atoms with Crippen LogP contribution in [0.15, 0.2) is 24.3 Å². The quantitative estimate of drug-likeness (QED) is 0.853. The first-order valence-electron chi connectivity index (χ1n) is 8.75. The van der Waals surface area contributed by atoms with Crippen molar-refractivity contribution in [1.29, 1.82) is 0 Å². The Kier molecular flexibility index (Phi) is 4.77. The fraction of sp³-hybridized carbons (Fsp3) is 0.526. The molecule has 2 heterocycles. The second-order valence-electron chi connectivity index (χ2n) is 7.70. The number of aromatic amines is 1. The number of carbonyl (C=O) groups is 1. The zero-order valence-corrected chi connectivity index (χ0v) is 14.9. The summed E-state index contributed by atoms with van der Waals surface area (Å²) in [7, 11) is 0. The summed E-state index contributed by atoms with van der Waals surface area (Å²) in [5, 5.41) is 10.3. The van der Waals surface area contributed by atoms with Crippen LogP contribution in [0, 0.1) is 5.92 Å². The third-order valence-electron chi connectivity index (χ3n) is 4.88. The second-order valence-corrected chi connectivity index (χ2v) is 7.70. The normalized spacial score (nSPS) is 17.1. The molecular formula is C19H23F3N2O2. The summed E-state index contributed by atoms with van der Waals surface area (Å²) < 4.78 is 39.4. The molecule has 1 aromatic heterocycles. The summed E-state index contributed by atoms with van der Waals surface area (Å²) in [5.74, 6) is 0.0645. The molecule has 0 aliphatic carbocycles. The Morgan fingerprint density at radius 3 is 2.50 bits per heavy atom. The number of carbonyl (C=O) groups excluding carboxylic acids is 1. The van der Waals surface area contributed by atoms with E-state index in [1.165, 1.54) is 12.1 Å². The Morgan fingerprint density at radius 1 is 1.27 bits per heavy atom. The number of halogens is 3. The van der Waals surface area contributed by atoms with Gasteiger partial charge >= 0.3 is 6.18 Å². The number of H-pyrrole nitrogens is 1. The van der Waals surface area contributed by atoms with Crippen LogP contribution < -0.4 is 0 Å². The first kappa shape index (κ1) is 18.8. The molecule has 1 amide bonds. The van der Waals surface area contributed by atoms with Gasteiger partial charge in [0.05, 0.1) is 16.7 Å². The molecule has 7 heteroatoms. The van der Waals surface area contributed by atoms with E-state index >= 15 is 0 Å². The lowest BCUT2D eigenvalue weighted by Crippen LogP contribution is -2.40. The standard InChI is InChI=1S/C19H23F3N2O2/c1-18(2,26)11-12-6-8-24(9-7-12)17(25)15-10-13-4-3-5-14(16(13)23-15)19(20,21)22/h3-5,10,12,23,26H,6-9,11H2,1-2H3. The lowest BCUT2D eigenvalue weighted by molar-refractivity contribution is -0.136. The van der Waals surface area contributed by atoms with Crippen LogP contribution in [0.2, 0.25) is 0 Å². The van der Waals surface area contributed by atoms with Crippen LogP contribution in [-0.4, -0.2) is 39.6 Å². The summed E-state index contributed by atoms with van der Waals surface area (Å²) in [6.07, 6.45) is -2.23. The number of piperidine rings is 1. The van der Waals surface area contributed by atoms with Crippen LogP contribution in [0.3, 0.4) is 0 Å². The number of nitrogens with one attached hydrogen (secondary N) is 1. The van der Waals surface area contributed by atoms with Gasteiger partial charge in [-0.1, -0.05) is 12.1 Å². The van der Waals surface area contributed by atoms with Gasteiger partial charge in [-0.15, -0.1) is 0 Å². The molecule has 2 aromatic rings. The Labute approximate surface area is 150 Å². The number of nitrogens with zero attached hydrogens (tertiary/aromatic N) is 1. The van der Waals surface area contributed by atoms with Crippen molar-refractivity contribution in [2.45, 2.75) is 44.9 Å². The summed E-state index contributed by atoms with van der Waals surface area (Å²) in [6.45, 7) is 4.63. The minimum absolute atomic E-state index is 0.0553. The lowest BCUT2D eigenvalue weighted by atomic mass is 9.86. The van der Waals surface area contributed by atoms with Crippen molar-refractivity contribution < 1.29 is 23.1 Å². The van der Waals surface area contributed by atoms with Gasteiger partial charge < -0.3 is 15.0 Å². The SMILES string of the molecule is CC(C)(O)CC1CCN(C(=O)c2cc3cccc(C(F)(F)F)c3[nH]2)CC1. The van der Waals surface area contributed by atoms with E-state index in [1.807, 2.05) is 0 Å². The molecule has 1 aliphatic rings. The summed E-state index contributed by atoms with van der Waals surface area (Å²) in [6, 6.07) is 5.40. The van der Waals surface area contributed by atoms with Gasteiger partial charge in [0.2, 0.25) is 0 Å². The smallest absolute Gasteiger partial charge is 0.390 e. The van der Waals surface area contributed by atoms with Crippen molar-refractivity contribution in [2.75, 3.05) is 13.1 Å². The van der Waals surface area contributed by atoms with E-state index < -0.39 is 17.3 Å². The summed E-state index contributed by atoms with van der Waals surface area (Å²) in [5.41, 5.74) is -1.38. The Morgan fingerprint density at radius 2 is 1.92 bits per heavy atom. The molecule has 1 fully saturated rings. The average Bonchev–Trinajstić information content (AvgIpc) is 2.96. The number of alkyl halides is 3. The van der Waals surface area contributed by atoms with Gasteiger partial charge in [-0.3, -0.25) is 4.79 Å². The number of likely N-dealkylation sites (tertiary alicyclic amines) is 1. The molecule has 2 N–H and O–H groups in total. The Hall–Kier alpha value is -2.02. The minimum atomic E-state index is -4.47. The van der Waals surface area contributed by atoms with E-state index in [1.54, 1.807) is 24.8 Å². The summed E-state index contributed by atoms with van der Waals surface area (Å²) in [4.78, 5) is 17.0. The number of aliphatic hydroxyl groups is 1. The van der Waals surface area contributed by atoms with Crippen LogP contribution >= 0.6 is 0 Å². The second kappa shape index (κ2) is 6.61. The molecule has 1 aliphatic heterocycles. The first-order chi connectivity index (χ1) is 12.0. The molecule has 142 valence electrons. The Balaban J connectivity index is 1.75. The largest absolute Gasteiger partial charge is 0.418 e. The van der Waals surface area contributed by atoms with Gasteiger partial charge in [-0.2, -0.15) is 13.2 Å².